The van der Waals surface area contributed by atoms with Crippen LogP contribution in [0.4, 0.5) is 4.79 Å². The van der Waals surface area contributed by atoms with Crippen molar-refractivity contribution in [2.75, 3.05) is 6.54 Å². The second-order valence-electron chi connectivity index (χ2n) is 4.38. The molecule has 2 aromatic rings. The summed E-state index contributed by atoms with van der Waals surface area (Å²) in [5.74, 6) is -0.326. The first-order chi connectivity index (χ1) is 9.65. The molecule has 20 heavy (non-hydrogen) atoms. The van der Waals surface area contributed by atoms with E-state index >= 15 is 0 Å². The molecule has 6 nitrogen and oxygen atoms in total. The normalized spacial score (nSPS) is 15.3. The molecule has 3 amide bonds. The van der Waals surface area contributed by atoms with E-state index in [2.05, 4.69) is 10.4 Å². The average molecular weight is 269 g/mol. The number of urea groups is 1. The number of amides is 3. The van der Waals surface area contributed by atoms with Crippen LogP contribution in [0.1, 0.15) is 5.56 Å². The molecule has 100 valence electrons. The Kier molecular flexibility index (Phi) is 2.83. The van der Waals surface area contributed by atoms with Crippen LogP contribution in [0.2, 0.25) is 0 Å². The van der Waals surface area contributed by atoms with Gasteiger partial charge in [-0.3, -0.25) is 10.1 Å². The first-order valence-corrected chi connectivity index (χ1v) is 6.01. The van der Waals surface area contributed by atoms with Crippen molar-refractivity contribution in [1.29, 1.82) is 0 Å². The van der Waals surface area contributed by atoms with Gasteiger partial charge in [-0.25, -0.2) is 9.80 Å². The Morgan fingerprint density at radius 1 is 1.20 bits per heavy atom. The second kappa shape index (κ2) is 4.65. The Labute approximate surface area is 114 Å². The molecule has 1 heterocycles. The molecule has 3 rings (SSSR count). The molecule has 0 bridgehead atoms. The van der Waals surface area contributed by atoms with Crippen LogP contribution < -0.4 is 5.32 Å². The number of hydrogen-bond acceptors (Lipinski definition) is 4. The van der Waals surface area contributed by atoms with Crippen molar-refractivity contribution in [2.24, 2.45) is 5.10 Å². The maximum atomic E-state index is 11.4. The number of carbonyl (C=O) groups is 2. The van der Waals surface area contributed by atoms with Crippen LogP contribution in [0.25, 0.3) is 10.8 Å². The van der Waals surface area contributed by atoms with Crippen molar-refractivity contribution in [2.45, 2.75) is 0 Å². The lowest BCUT2D eigenvalue weighted by Gasteiger charge is -2.07. The topological polar surface area (TPSA) is 82.0 Å². The predicted molar refractivity (Wildman–Crippen MR) is 73.5 cm³/mol. The summed E-state index contributed by atoms with van der Waals surface area (Å²) >= 11 is 0. The van der Waals surface area contributed by atoms with Crippen molar-refractivity contribution >= 4 is 28.9 Å². The monoisotopic (exact) mass is 269 g/mol. The van der Waals surface area contributed by atoms with Crippen LogP contribution in [-0.2, 0) is 4.79 Å². The summed E-state index contributed by atoms with van der Waals surface area (Å²) in [4.78, 5) is 22.4. The summed E-state index contributed by atoms with van der Waals surface area (Å²) < 4.78 is 0. The summed E-state index contributed by atoms with van der Waals surface area (Å²) in [6.45, 7) is -0.110. The van der Waals surface area contributed by atoms with Gasteiger partial charge >= 0.3 is 6.03 Å². The van der Waals surface area contributed by atoms with Crippen LogP contribution in [-0.4, -0.2) is 34.8 Å². The zero-order chi connectivity index (χ0) is 14.1. The van der Waals surface area contributed by atoms with E-state index in [1.807, 2.05) is 24.3 Å². The highest BCUT2D eigenvalue weighted by molar-refractivity contribution is 6.04. The standard InChI is InChI=1S/C14H11N3O3/c18-12-6-5-9-3-1-2-4-10(9)11(12)7-15-17-8-13(19)16-14(17)20/h1-7,18H,8H2,(H,16,19,20)/b15-7+. The quantitative estimate of drug-likeness (QED) is 0.639. The number of hydrazone groups is 1. The fraction of sp³-hybridized carbons (Fsp3) is 0.0714. The van der Waals surface area contributed by atoms with Crippen LogP contribution in [0.15, 0.2) is 41.5 Å². The van der Waals surface area contributed by atoms with Crippen LogP contribution in [0.5, 0.6) is 5.75 Å². The zero-order valence-corrected chi connectivity index (χ0v) is 10.4. The Balaban J connectivity index is 2.00. The third-order valence-electron chi connectivity index (χ3n) is 3.05. The zero-order valence-electron chi connectivity index (χ0n) is 10.4. The first kappa shape index (κ1) is 12.2. The van der Waals surface area contributed by atoms with E-state index in [0.29, 0.717) is 5.56 Å². The first-order valence-electron chi connectivity index (χ1n) is 6.01. The molecule has 0 saturated carbocycles. The maximum Gasteiger partial charge on any atom is 0.344 e. The van der Waals surface area contributed by atoms with Crippen molar-refractivity contribution in [1.82, 2.24) is 10.3 Å². The van der Waals surface area contributed by atoms with Gasteiger partial charge in [-0.05, 0) is 16.8 Å². The average Bonchev–Trinajstić information content (AvgIpc) is 2.76. The number of rotatable bonds is 2. The van der Waals surface area contributed by atoms with Gasteiger partial charge in [0.05, 0.1) is 6.21 Å². The predicted octanol–water partition coefficient (Wildman–Crippen LogP) is 1.43. The molecule has 0 unspecified atom stereocenters. The van der Waals surface area contributed by atoms with Gasteiger partial charge in [-0.2, -0.15) is 5.10 Å². The molecule has 1 aliphatic heterocycles. The molecule has 0 aromatic heterocycles. The molecular formula is C14H11N3O3. The van der Waals surface area contributed by atoms with E-state index in [4.69, 9.17) is 0 Å². The highest BCUT2D eigenvalue weighted by Gasteiger charge is 2.26. The van der Waals surface area contributed by atoms with Crippen LogP contribution in [0.3, 0.4) is 0 Å². The molecule has 2 aromatic carbocycles. The van der Waals surface area contributed by atoms with Crippen LogP contribution in [0, 0.1) is 0 Å². The number of fused-ring (bicyclic) bond motifs is 1. The second-order valence-corrected chi connectivity index (χ2v) is 4.38. The van der Waals surface area contributed by atoms with Crippen molar-refractivity contribution in [3.8, 4) is 5.75 Å². The third-order valence-corrected chi connectivity index (χ3v) is 3.05. The van der Waals surface area contributed by atoms with Gasteiger partial charge in [0.25, 0.3) is 0 Å². The smallest absolute Gasteiger partial charge is 0.344 e. The highest BCUT2D eigenvalue weighted by Crippen LogP contribution is 2.25. The number of aromatic hydroxyl groups is 1. The lowest BCUT2D eigenvalue weighted by atomic mass is 10.0. The highest BCUT2D eigenvalue weighted by atomic mass is 16.3. The van der Waals surface area contributed by atoms with E-state index in [0.717, 1.165) is 15.8 Å². The molecule has 0 aliphatic carbocycles. The van der Waals surface area contributed by atoms with Gasteiger partial charge in [0.2, 0.25) is 5.91 Å². The summed E-state index contributed by atoms with van der Waals surface area (Å²) in [6, 6.07) is 10.3. The van der Waals surface area contributed by atoms with Crippen molar-refractivity contribution in [3.63, 3.8) is 0 Å². The Bertz CT molecular complexity index is 740. The molecule has 0 atom stereocenters. The summed E-state index contributed by atoms with van der Waals surface area (Å²) in [5, 5.41) is 18.8. The molecule has 2 N–H and O–H groups in total. The van der Waals surface area contributed by atoms with E-state index in [-0.39, 0.29) is 12.3 Å². The van der Waals surface area contributed by atoms with Gasteiger partial charge in [-0.15, -0.1) is 0 Å². The number of phenols is 1. The number of carbonyl (C=O) groups excluding carboxylic acids is 2. The van der Waals surface area contributed by atoms with E-state index in [1.165, 1.54) is 6.21 Å². The van der Waals surface area contributed by atoms with Crippen molar-refractivity contribution < 1.29 is 14.7 Å². The number of imide groups is 1. The fourth-order valence-corrected chi connectivity index (χ4v) is 2.07. The molecule has 1 fully saturated rings. The Morgan fingerprint density at radius 2 is 2.00 bits per heavy atom. The number of nitrogens with one attached hydrogen (secondary N) is 1. The van der Waals surface area contributed by atoms with E-state index in [9.17, 15) is 14.7 Å². The molecule has 0 spiro atoms. The largest absolute Gasteiger partial charge is 0.507 e. The minimum Gasteiger partial charge on any atom is -0.507 e. The molecule has 1 saturated heterocycles. The molecule has 1 aliphatic rings. The van der Waals surface area contributed by atoms with Crippen LogP contribution >= 0.6 is 0 Å². The number of phenolic OH excluding ortho intramolecular Hbond substituents is 1. The van der Waals surface area contributed by atoms with Gasteiger partial charge < -0.3 is 5.11 Å². The Morgan fingerprint density at radius 3 is 2.75 bits per heavy atom. The minimum atomic E-state index is -0.564. The third kappa shape index (κ3) is 2.07. The van der Waals surface area contributed by atoms with Gasteiger partial charge in [0.1, 0.15) is 12.3 Å². The maximum absolute atomic E-state index is 11.4. The summed E-state index contributed by atoms with van der Waals surface area (Å²) in [5.41, 5.74) is 0.509. The number of hydrogen-bond donors (Lipinski definition) is 2. The fourth-order valence-electron chi connectivity index (χ4n) is 2.07. The van der Waals surface area contributed by atoms with E-state index < -0.39 is 11.9 Å². The van der Waals surface area contributed by atoms with Gasteiger partial charge in [-0.1, -0.05) is 30.3 Å². The summed E-state index contributed by atoms with van der Waals surface area (Å²) in [6.07, 6.45) is 1.38. The molecule has 6 heteroatoms. The molecular weight excluding hydrogens is 258 g/mol. The van der Waals surface area contributed by atoms with E-state index in [1.54, 1.807) is 12.1 Å². The number of benzene rings is 2. The lowest BCUT2D eigenvalue weighted by Crippen LogP contribution is -2.24. The van der Waals surface area contributed by atoms with Gasteiger partial charge in [0.15, 0.2) is 0 Å². The lowest BCUT2D eigenvalue weighted by molar-refractivity contribution is -0.118. The van der Waals surface area contributed by atoms with Gasteiger partial charge in [0, 0.05) is 5.56 Å². The number of nitrogens with zero attached hydrogens (tertiary/aromatic N) is 2. The Hall–Kier alpha value is -2.89. The van der Waals surface area contributed by atoms with Crippen molar-refractivity contribution in [3.05, 3.63) is 42.0 Å². The summed E-state index contributed by atoms with van der Waals surface area (Å²) in [7, 11) is 0. The minimum absolute atomic E-state index is 0.0679. The SMILES string of the molecule is O=C1CN(/N=C/c2c(O)ccc3ccccc23)C(=O)N1. The molecule has 0 radical (unpaired) electrons.